The minimum Gasteiger partial charge on any atom is -0.478 e. The number of aromatic carboxylic acids is 1. The van der Waals surface area contributed by atoms with Crippen LogP contribution in [0.15, 0.2) is 60.7 Å². The van der Waals surface area contributed by atoms with Crippen molar-refractivity contribution < 1.29 is 15.0 Å². The molecule has 0 unspecified atom stereocenters. The van der Waals surface area contributed by atoms with Crippen molar-refractivity contribution in [2.24, 2.45) is 0 Å². The molecular formula is C14H14O3. The second kappa shape index (κ2) is 7.19. The van der Waals surface area contributed by atoms with Crippen LogP contribution in [-0.2, 0) is 6.61 Å². The Morgan fingerprint density at radius 3 is 1.65 bits per heavy atom. The van der Waals surface area contributed by atoms with E-state index in [1.165, 1.54) is 0 Å². The van der Waals surface area contributed by atoms with Gasteiger partial charge in [-0.05, 0) is 17.7 Å². The van der Waals surface area contributed by atoms with Crippen LogP contribution in [0.3, 0.4) is 0 Å². The van der Waals surface area contributed by atoms with Gasteiger partial charge in [0, 0.05) is 0 Å². The summed E-state index contributed by atoms with van der Waals surface area (Å²) in [6.45, 7) is 0.140. The molecule has 3 heteroatoms. The third kappa shape index (κ3) is 4.95. The number of carbonyl (C=O) groups is 1. The summed E-state index contributed by atoms with van der Waals surface area (Å²) < 4.78 is 0. The maximum Gasteiger partial charge on any atom is 0.335 e. The first-order valence-corrected chi connectivity index (χ1v) is 5.17. The van der Waals surface area contributed by atoms with Crippen molar-refractivity contribution in [3.05, 3.63) is 71.8 Å². The van der Waals surface area contributed by atoms with Crippen molar-refractivity contribution in [1.29, 1.82) is 0 Å². The molecule has 0 aliphatic rings. The van der Waals surface area contributed by atoms with E-state index in [2.05, 4.69) is 0 Å². The lowest BCUT2D eigenvalue weighted by atomic mass is 10.2. The van der Waals surface area contributed by atoms with Crippen molar-refractivity contribution in [2.45, 2.75) is 6.61 Å². The molecule has 0 bridgehead atoms. The summed E-state index contributed by atoms with van der Waals surface area (Å²) in [5, 5.41) is 16.9. The molecule has 0 atom stereocenters. The lowest BCUT2D eigenvalue weighted by Gasteiger charge is -1.89. The monoisotopic (exact) mass is 230 g/mol. The van der Waals surface area contributed by atoms with Gasteiger partial charge in [0.05, 0.1) is 12.2 Å². The van der Waals surface area contributed by atoms with Crippen LogP contribution in [-0.4, -0.2) is 16.2 Å². The van der Waals surface area contributed by atoms with Gasteiger partial charge in [0.15, 0.2) is 0 Å². The molecule has 0 spiro atoms. The van der Waals surface area contributed by atoms with E-state index in [9.17, 15) is 4.79 Å². The van der Waals surface area contributed by atoms with Crippen molar-refractivity contribution >= 4 is 5.97 Å². The summed E-state index contributed by atoms with van der Waals surface area (Å²) >= 11 is 0. The Balaban J connectivity index is 0.000000171. The first-order valence-electron chi connectivity index (χ1n) is 5.17. The lowest BCUT2D eigenvalue weighted by molar-refractivity contribution is 0.0697. The third-order valence-corrected chi connectivity index (χ3v) is 2.05. The molecule has 88 valence electrons. The van der Waals surface area contributed by atoms with Crippen molar-refractivity contribution in [2.75, 3.05) is 0 Å². The van der Waals surface area contributed by atoms with Crippen LogP contribution >= 0.6 is 0 Å². The molecule has 0 fully saturated rings. The Morgan fingerprint density at radius 1 is 0.882 bits per heavy atom. The van der Waals surface area contributed by atoms with Crippen LogP contribution in [0.1, 0.15) is 15.9 Å². The Bertz CT molecular complexity index is 438. The molecule has 2 aromatic carbocycles. The fourth-order valence-electron chi connectivity index (χ4n) is 1.16. The Morgan fingerprint density at radius 2 is 1.35 bits per heavy atom. The highest BCUT2D eigenvalue weighted by Crippen LogP contribution is 1.96. The van der Waals surface area contributed by atoms with Crippen LogP contribution in [0.25, 0.3) is 0 Å². The van der Waals surface area contributed by atoms with Gasteiger partial charge in [-0.1, -0.05) is 48.5 Å². The van der Waals surface area contributed by atoms with Gasteiger partial charge in [-0.2, -0.15) is 0 Å². The molecule has 2 N–H and O–H groups in total. The average molecular weight is 230 g/mol. The largest absolute Gasteiger partial charge is 0.478 e. The van der Waals surface area contributed by atoms with Gasteiger partial charge in [-0.3, -0.25) is 0 Å². The van der Waals surface area contributed by atoms with E-state index >= 15 is 0 Å². The van der Waals surface area contributed by atoms with E-state index in [0.717, 1.165) is 5.56 Å². The number of rotatable bonds is 2. The zero-order valence-electron chi connectivity index (χ0n) is 9.28. The van der Waals surface area contributed by atoms with Crippen molar-refractivity contribution in [1.82, 2.24) is 0 Å². The standard InChI is InChI=1S/C7H6O2.C7H8O/c8-7(9)6-4-2-1-3-5-6;8-6-7-4-2-1-3-5-7/h1-5H,(H,8,9);1-5,8H,6H2. The van der Waals surface area contributed by atoms with E-state index in [1.54, 1.807) is 30.3 Å². The number of carboxylic acid groups (broad SMARTS) is 1. The van der Waals surface area contributed by atoms with E-state index in [1.807, 2.05) is 30.3 Å². The van der Waals surface area contributed by atoms with Gasteiger partial charge in [0.25, 0.3) is 0 Å². The number of aliphatic hydroxyl groups is 1. The van der Waals surface area contributed by atoms with Crippen LogP contribution in [0.4, 0.5) is 0 Å². The molecule has 0 aliphatic carbocycles. The Kier molecular flexibility index (Phi) is 5.47. The molecule has 0 heterocycles. The first-order chi connectivity index (χ1) is 8.24. The summed E-state index contributed by atoms with van der Waals surface area (Å²) in [7, 11) is 0. The molecular weight excluding hydrogens is 216 g/mol. The molecule has 3 nitrogen and oxygen atoms in total. The average Bonchev–Trinajstić information content (AvgIpc) is 2.41. The maximum absolute atomic E-state index is 10.2. The highest BCUT2D eigenvalue weighted by molar-refractivity contribution is 5.87. The zero-order chi connectivity index (χ0) is 12.5. The zero-order valence-corrected chi connectivity index (χ0v) is 9.28. The number of carboxylic acids is 1. The number of benzene rings is 2. The maximum atomic E-state index is 10.2. The molecule has 0 amide bonds. The minimum absolute atomic E-state index is 0.140. The summed E-state index contributed by atoms with van der Waals surface area (Å²) in [5.74, 6) is -0.879. The highest BCUT2D eigenvalue weighted by Gasteiger charge is 1.96. The van der Waals surface area contributed by atoms with E-state index in [0.29, 0.717) is 5.56 Å². The van der Waals surface area contributed by atoms with Gasteiger partial charge in [-0.25, -0.2) is 4.79 Å². The SMILES string of the molecule is O=C(O)c1ccccc1.OCc1ccccc1. The quantitative estimate of drug-likeness (QED) is 0.833. The first kappa shape index (κ1) is 12.9. The number of hydrogen-bond acceptors (Lipinski definition) is 2. The molecule has 0 aromatic heterocycles. The van der Waals surface area contributed by atoms with Gasteiger partial charge >= 0.3 is 5.97 Å². The minimum atomic E-state index is -0.879. The molecule has 2 aromatic rings. The van der Waals surface area contributed by atoms with Crippen molar-refractivity contribution in [3.63, 3.8) is 0 Å². The molecule has 0 saturated heterocycles. The molecule has 0 radical (unpaired) electrons. The smallest absolute Gasteiger partial charge is 0.335 e. The highest BCUT2D eigenvalue weighted by atomic mass is 16.4. The van der Waals surface area contributed by atoms with Crippen LogP contribution < -0.4 is 0 Å². The second-order valence-electron chi connectivity index (χ2n) is 3.31. The molecule has 0 aliphatic heterocycles. The molecule has 0 saturated carbocycles. The fourth-order valence-corrected chi connectivity index (χ4v) is 1.16. The summed E-state index contributed by atoms with van der Waals surface area (Å²) in [5.41, 5.74) is 1.30. The predicted octanol–water partition coefficient (Wildman–Crippen LogP) is 2.56. The van der Waals surface area contributed by atoms with Crippen molar-refractivity contribution in [3.8, 4) is 0 Å². The third-order valence-electron chi connectivity index (χ3n) is 2.05. The van der Waals surface area contributed by atoms with Crippen LogP contribution in [0, 0.1) is 0 Å². The van der Waals surface area contributed by atoms with Gasteiger partial charge in [0.1, 0.15) is 0 Å². The Labute approximate surface area is 100.0 Å². The second-order valence-corrected chi connectivity index (χ2v) is 3.31. The van der Waals surface area contributed by atoms with Crippen LogP contribution in [0.5, 0.6) is 0 Å². The van der Waals surface area contributed by atoms with Crippen LogP contribution in [0.2, 0.25) is 0 Å². The molecule has 17 heavy (non-hydrogen) atoms. The molecule has 2 rings (SSSR count). The van der Waals surface area contributed by atoms with E-state index < -0.39 is 5.97 Å². The lowest BCUT2D eigenvalue weighted by Crippen LogP contribution is -1.93. The predicted molar refractivity (Wildman–Crippen MR) is 65.8 cm³/mol. The summed E-state index contributed by atoms with van der Waals surface area (Å²) in [6, 6.07) is 17.8. The van der Waals surface area contributed by atoms with E-state index in [4.69, 9.17) is 10.2 Å². The van der Waals surface area contributed by atoms with Gasteiger partial charge < -0.3 is 10.2 Å². The fraction of sp³-hybridized carbons (Fsp3) is 0.0714. The Hall–Kier alpha value is -2.13. The topological polar surface area (TPSA) is 57.5 Å². The number of aliphatic hydroxyl groups excluding tert-OH is 1. The summed E-state index contributed by atoms with van der Waals surface area (Å²) in [4.78, 5) is 10.2. The van der Waals surface area contributed by atoms with Gasteiger partial charge in [0.2, 0.25) is 0 Å². The van der Waals surface area contributed by atoms with E-state index in [-0.39, 0.29) is 6.61 Å². The summed E-state index contributed by atoms with van der Waals surface area (Å²) in [6.07, 6.45) is 0. The van der Waals surface area contributed by atoms with Gasteiger partial charge in [-0.15, -0.1) is 0 Å². The normalized spacial score (nSPS) is 9.00. The number of hydrogen-bond donors (Lipinski definition) is 2.